The van der Waals surface area contributed by atoms with Crippen LogP contribution in [0.15, 0.2) is 24.3 Å². The molecule has 7 nitrogen and oxygen atoms in total. The highest BCUT2D eigenvalue weighted by atomic mass is 32.1. The smallest absolute Gasteiger partial charge is 0.264 e. The van der Waals surface area contributed by atoms with Crippen LogP contribution in [0.4, 0.5) is 10.8 Å². The lowest BCUT2D eigenvalue weighted by molar-refractivity contribution is -0.118. The number of carbonyl (C=O) groups is 1. The van der Waals surface area contributed by atoms with Gasteiger partial charge >= 0.3 is 0 Å². The van der Waals surface area contributed by atoms with Crippen LogP contribution in [0.1, 0.15) is 0 Å². The molecular weight excluding hydrogens is 242 g/mol. The summed E-state index contributed by atoms with van der Waals surface area (Å²) >= 11 is 0.996. The molecule has 0 radical (unpaired) electrons. The molecule has 2 rings (SSSR count). The lowest BCUT2D eigenvalue weighted by Crippen LogP contribution is -2.20. The minimum Gasteiger partial charge on any atom is -0.484 e. The van der Waals surface area contributed by atoms with Crippen LogP contribution < -0.4 is 15.8 Å². The van der Waals surface area contributed by atoms with Crippen molar-refractivity contribution in [2.45, 2.75) is 0 Å². The number of hydrogen-bond donors (Lipinski definition) is 2. The highest BCUT2D eigenvalue weighted by molar-refractivity contribution is 7.09. The van der Waals surface area contributed by atoms with Gasteiger partial charge in [0.1, 0.15) is 5.75 Å². The van der Waals surface area contributed by atoms with E-state index in [0.29, 0.717) is 16.6 Å². The van der Waals surface area contributed by atoms with Crippen LogP contribution in [-0.2, 0) is 4.79 Å². The second kappa shape index (κ2) is 5.21. The van der Waals surface area contributed by atoms with Crippen LogP contribution in [-0.4, -0.2) is 27.3 Å². The van der Waals surface area contributed by atoms with Gasteiger partial charge in [-0.05, 0) is 17.3 Å². The number of nitrogens with zero attached hydrogens (tertiary/aromatic N) is 3. The molecule has 17 heavy (non-hydrogen) atoms. The molecule has 1 amide bonds. The zero-order valence-electron chi connectivity index (χ0n) is 8.66. The van der Waals surface area contributed by atoms with Gasteiger partial charge < -0.3 is 10.5 Å². The molecular formula is C9H9N5O2S. The Balaban J connectivity index is 1.84. The molecule has 0 aliphatic carbocycles. The first-order valence-corrected chi connectivity index (χ1v) is 5.44. The number of ether oxygens (including phenoxy) is 1. The van der Waals surface area contributed by atoms with E-state index in [4.69, 9.17) is 10.5 Å². The third-order valence-corrected chi connectivity index (χ3v) is 2.29. The minimum absolute atomic E-state index is 0.122. The zero-order chi connectivity index (χ0) is 12.1. The Morgan fingerprint density at radius 2 is 2.41 bits per heavy atom. The summed E-state index contributed by atoms with van der Waals surface area (Å²) in [4.78, 5) is 11.4. The molecule has 88 valence electrons. The standard InChI is InChI=1S/C9H9N5O2S/c10-6-2-1-3-7(4-6)16-5-8(15)11-9-12-13-14-17-9/h1-4H,5,10H2,(H,11,12,14,15). The topological polar surface area (TPSA) is 103 Å². The van der Waals surface area contributed by atoms with Gasteiger partial charge in [0.15, 0.2) is 6.61 Å². The van der Waals surface area contributed by atoms with Gasteiger partial charge in [0.2, 0.25) is 5.13 Å². The van der Waals surface area contributed by atoms with E-state index in [-0.39, 0.29) is 12.5 Å². The predicted octanol–water partition coefficient (Wildman–Crippen LogP) is 0.533. The molecule has 1 aromatic heterocycles. The number of anilines is 2. The van der Waals surface area contributed by atoms with Gasteiger partial charge in [0.25, 0.3) is 5.91 Å². The monoisotopic (exact) mass is 251 g/mol. The largest absolute Gasteiger partial charge is 0.484 e. The Bertz CT molecular complexity index is 502. The molecule has 3 N–H and O–H groups in total. The highest BCUT2D eigenvalue weighted by Crippen LogP contribution is 2.14. The van der Waals surface area contributed by atoms with E-state index in [1.165, 1.54) is 0 Å². The van der Waals surface area contributed by atoms with Crippen molar-refractivity contribution in [3.63, 3.8) is 0 Å². The summed E-state index contributed by atoms with van der Waals surface area (Å²) in [5, 5.41) is 9.76. The number of nitrogens with one attached hydrogen (secondary N) is 1. The maximum absolute atomic E-state index is 11.4. The lowest BCUT2D eigenvalue weighted by Gasteiger charge is -2.05. The third kappa shape index (κ3) is 3.38. The second-order valence-corrected chi connectivity index (χ2v) is 3.81. The van der Waals surface area contributed by atoms with Crippen LogP contribution in [0.5, 0.6) is 5.75 Å². The number of rotatable bonds is 4. The Hall–Kier alpha value is -2.22. The van der Waals surface area contributed by atoms with Crippen molar-refractivity contribution in [2.75, 3.05) is 17.7 Å². The van der Waals surface area contributed by atoms with Crippen molar-refractivity contribution >= 4 is 28.3 Å². The van der Waals surface area contributed by atoms with Crippen molar-refractivity contribution in [3.05, 3.63) is 24.3 Å². The molecule has 0 aliphatic rings. The van der Waals surface area contributed by atoms with Crippen LogP contribution in [0.25, 0.3) is 0 Å². The Morgan fingerprint density at radius 1 is 1.53 bits per heavy atom. The normalized spacial score (nSPS) is 9.88. The van der Waals surface area contributed by atoms with E-state index in [1.807, 2.05) is 0 Å². The molecule has 0 spiro atoms. The van der Waals surface area contributed by atoms with Crippen LogP contribution in [0.2, 0.25) is 0 Å². The zero-order valence-corrected chi connectivity index (χ0v) is 9.48. The number of carbonyl (C=O) groups excluding carboxylic acids is 1. The van der Waals surface area contributed by atoms with Gasteiger partial charge in [-0.3, -0.25) is 10.1 Å². The van der Waals surface area contributed by atoms with Crippen molar-refractivity contribution in [3.8, 4) is 5.75 Å². The Kier molecular flexibility index (Phi) is 3.46. The maximum atomic E-state index is 11.4. The van der Waals surface area contributed by atoms with Crippen molar-refractivity contribution < 1.29 is 9.53 Å². The number of amides is 1. The molecule has 0 aliphatic heterocycles. The molecule has 1 heterocycles. The van der Waals surface area contributed by atoms with E-state index in [2.05, 4.69) is 20.1 Å². The summed E-state index contributed by atoms with van der Waals surface area (Å²) in [6.45, 7) is -0.122. The van der Waals surface area contributed by atoms with Crippen molar-refractivity contribution in [1.29, 1.82) is 0 Å². The highest BCUT2D eigenvalue weighted by Gasteiger charge is 2.06. The quantitative estimate of drug-likeness (QED) is 0.768. The molecule has 8 heteroatoms. The maximum Gasteiger partial charge on any atom is 0.264 e. The summed E-state index contributed by atoms with van der Waals surface area (Å²) in [5.41, 5.74) is 6.15. The van der Waals surface area contributed by atoms with Crippen LogP contribution >= 0.6 is 11.5 Å². The molecule has 0 saturated heterocycles. The Morgan fingerprint density at radius 3 is 3.12 bits per heavy atom. The van der Waals surface area contributed by atoms with Crippen LogP contribution in [0, 0.1) is 0 Å². The van der Waals surface area contributed by atoms with Crippen LogP contribution in [0.3, 0.4) is 0 Å². The summed E-state index contributed by atoms with van der Waals surface area (Å²) < 4.78 is 8.75. The van der Waals surface area contributed by atoms with Gasteiger partial charge in [-0.25, -0.2) is 0 Å². The van der Waals surface area contributed by atoms with Gasteiger partial charge in [0.05, 0.1) is 0 Å². The molecule has 1 aromatic carbocycles. The molecule has 0 unspecified atom stereocenters. The molecule has 2 aromatic rings. The first-order chi connectivity index (χ1) is 8.24. The summed E-state index contributed by atoms with van der Waals surface area (Å²) in [6.07, 6.45) is 0. The van der Waals surface area contributed by atoms with Gasteiger partial charge in [-0.15, -0.1) is 0 Å². The predicted molar refractivity (Wildman–Crippen MR) is 62.7 cm³/mol. The number of nitrogens with two attached hydrogens (primary N) is 1. The van der Waals surface area contributed by atoms with Crippen molar-refractivity contribution in [2.24, 2.45) is 0 Å². The van der Waals surface area contributed by atoms with E-state index >= 15 is 0 Å². The number of aromatic nitrogens is 3. The fourth-order valence-corrected chi connectivity index (χ4v) is 1.47. The fourth-order valence-electron chi connectivity index (χ4n) is 1.09. The van der Waals surface area contributed by atoms with E-state index in [1.54, 1.807) is 24.3 Å². The van der Waals surface area contributed by atoms with Gasteiger partial charge in [0, 0.05) is 23.3 Å². The average Bonchev–Trinajstić information content (AvgIpc) is 2.79. The van der Waals surface area contributed by atoms with E-state index < -0.39 is 0 Å². The summed E-state index contributed by atoms with van der Waals surface area (Å²) in [7, 11) is 0. The molecule has 0 saturated carbocycles. The SMILES string of the molecule is Nc1cccc(OCC(=O)Nc2nnns2)c1. The number of hydrogen-bond acceptors (Lipinski definition) is 7. The second-order valence-electron chi connectivity index (χ2n) is 3.08. The molecule has 0 atom stereocenters. The number of benzene rings is 1. The third-order valence-electron chi connectivity index (χ3n) is 1.77. The molecule has 0 bridgehead atoms. The van der Waals surface area contributed by atoms with Gasteiger partial charge in [-0.1, -0.05) is 15.7 Å². The Labute approximate surface area is 101 Å². The summed E-state index contributed by atoms with van der Waals surface area (Å²) in [5.74, 6) is 0.210. The lowest BCUT2D eigenvalue weighted by atomic mass is 10.3. The fraction of sp³-hybridized carbons (Fsp3) is 0.111. The molecule has 0 fully saturated rings. The first-order valence-electron chi connectivity index (χ1n) is 4.67. The number of nitrogen functional groups attached to an aromatic ring is 1. The summed E-state index contributed by atoms with van der Waals surface area (Å²) in [6, 6.07) is 6.84. The minimum atomic E-state index is -0.328. The van der Waals surface area contributed by atoms with Gasteiger partial charge in [-0.2, -0.15) is 0 Å². The van der Waals surface area contributed by atoms with Crippen molar-refractivity contribution in [1.82, 2.24) is 14.8 Å². The van der Waals surface area contributed by atoms with E-state index in [0.717, 1.165) is 11.5 Å². The first kappa shape index (κ1) is 11.3. The van der Waals surface area contributed by atoms with E-state index in [9.17, 15) is 4.79 Å². The average molecular weight is 251 g/mol.